The van der Waals surface area contributed by atoms with Crippen molar-refractivity contribution in [2.45, 2.75) is 43.4 Å². The van der Waals surface area contributed by atoms with Gasteiger partial charge in [-0.1, -0.05) is 31.8 Å². The van der Waals surface area contributed by atoms with Gasteiger partial charge in [0.05, 0.1) is 12.1 Å². The Labute approximate surface area is 211 Å². The third kappa shape index (κ3) is 9.81. The third-order valence-corrected chi connectivity index (χ3v) is 6.61. The van der Waals surface area contributed by atoms with Gasteiger partial charge in [-0.15, -0.1) is 6.58 Å². The first-order valence-electron chi connectivity index (χ1n) is 11.6. The van der Waals surface area contributed by atoms with E-state index in [9.17, 15) is 4.79 Å². The summed E-state index contributed by atoms with van der Waals surface area (Å²) in [4.78, 5) is 15.4. The van der Waals surface area contributed by atoms with Gasteiger partial charge in [0, 0.05) is 42.5 Å². The van der Waals surface area contributed by atoms with Crippen molar-refractivity contribution in [1.82, 2.24) is 9.29 Å². The number of carbonyl (C=O) groups is 1. The minimum absolute atomic E-state index is 0.0474. The van der Waals surface area contributed by atoms with Crippen LogP contribution in [0.1, 0.15) is 49.8 Å². The first kappa shape index (κ1) is 27.9. The van der Waals surface area contributed by atoms with Gasteiger partial charge in [0.15, 0.2) is 0 Å². The van der Waals surface area contributed by atoms with Crippen molar-refractivity contribution in [3.8, 4) is 11.8 Å². The summed E-state index contributed by atoms with van der Waals surface area (Å²) in [7, 11) is 1.63. The normalized spacial score (nSPS) is 16.3. The second kappa shape index (κ2) is 14.8. The molecule has 4 N–H and O–H groups in total. The lowest BCUT2D eigenvalue weighted by Crippen LogP contribution is -2.10. The molecular formula is C26H33N5O3S. The molecule has 0 bridgehead atoms. The van der Waals surface area contributed by atoms with Crippen LogP contribution in [0.15, 0.2) is 54.1 Å². The van der Waals surface area contributed by atoms with E-state index in [4.69, 9.17) is 20.9 Å². The maximum absolute atomic E-state index is 10.5. The third-order valence-electron chi connectivity index (χ3n) is 5.53. The standard InChI is InChI=1S/C12H15NOS.C10H10N4O2.C4H8/c1-2-10-7-8-13(9-10)15-12-5-3-11(14)4-6-12;1-13-9-2-6(4-11)14-5-7(9)8(12)3-10(15)16;1-2-4-3-1/h2-6,10,14H,1,7-9H2;2,5,12H,3H2,1H3,(H,13,14)(H,15,16);1-4H2. The summed E-state index contributed by atoms with van der Waals surface area (Å²) in [6.45, 7) is 6.02. The molecule has 1 aliphatic carbocycles. The van der Waals surface area contributed by atoms with Crippen LogP contribution >= 0.6 is 11.9 Å². The van der Waals surface area contributed by atoms with Gasteiger partial charge in [0.25, 0.3) is 0 Å². The zero-order chi connectivity index (χ0) is 25.6. The van der Waals surface area contributed by atoms with E-state index in [1.165, 1.54) is 49.3 Å². The second-order valence-corrected chi connectivity index (χ2v) is 9.37. The zero-order valence-corrected chi connectivity index (χ0v) is 20.9. The van der Waals surface area contributed by atoms with E-state index >= 15 is 0 Å². The van der Waals surface area contributed by atoms with Gasteiger partial charge in [-0.3, -0.25) is 4.79 Å². The summed E-state index contributed by atoms with van der Waals surface area (Å²) in [5.41, 5.74) is 1.09. The summed E-state index contributed by atoms with van der Waals surface area (Å²) in [5.74, 6) is -0.115. The van der Waals surface area contributed by atoms with Gasteiger partial charge in [-0.25, -0.2) is 9.29 Å². The molecule has 0 spiro atoms. The number of anilines is 1. The molecule has 2 aliphatic rings. The molecule has 0 radical (unpaired) electrons. The number of pyridine rings is 1. The summed E-state index contributed by atoms with van der Waals surface area (Å²) in [6.07, 6.45) is 10.2. The van der Waals surface area contributed by atoms with E-state index in [0.29, 0.717) is 22.9 Å². The SMILES string of the molecule is C1CCC1.C=CC1CCN(Sc2ccc(O)cc2)C1.CNc1cc(C#N)ncc1C(=N)CC(=O)O. The molecule has 35 heavy (non-hydrogen) atoms. The lowest BCUT2D eigenvalue weighted by molar-refractivity contribution is -0.135. The Morgan fingerprint density at radius 3 is 2.49 bits per heavy atom. The van der Waals surface area contributed by atoms with Crippen LogP contribution in [0, 0.1) is 22.7 Å². The maximum atomic E-state index is 10.5. The van der Waals surface area contributed by atoms with Crippen molar-refractivity contribution in [2.24, 2.45) is 5.92 Å². The van der Waals surface area contributed by atoms with E-state index in [1.54, 1.807) is 31.1 Å². The van der Waals surface area contributed by atoms with Crippen LogP contribution in [-0.4, -0.2) is 51.3 Å². The monoisotopic (exact) mass is 495 g/mol. The number of nitriles is 1. The number of aliphatic carboxylic acids is 1. The van der Waals surface area contributed by atoms with E-state index in [-0.39, 0.29) is 17.8 Å². The van der Waals surface area contributed by atoms with Crippen molar-refractivity contribution in [2.75, 3.05) is 25.5 Å². The molecule has 2 aromatic rings. The smallest absolute Gasteiger partial charge is 0.309 e. The van der Waals surface area contributed by atoms with Crippen LogP contribution in [0.2, 0.25) is 0 Å². The van der Waals surface area contributed by atoms with Crippen molar-refractivity contribution >= 4 is 29.3 Å². The Bertz CT molecular complexity index is 1030. The van der Waals surface area contributed by atoms with E-state index in [1.807, 2.05) is 24.3 Å². The number of aromatic nitrogens is 1. The molecule has 9 heteroatoms. The van der Waals surface area contributed by atoms with Crippen molar-refractivity contribution in [3.63, 3.8) is 0 Å². The summed E-state index contributed by atoms with van der Waals surface area (Å²) in [6, 6.07) is 10.7. The van der Waals surface area contributed by atoms with Crippen LogP contribution in [0.3, 0.4) is 0 Å². The molecule has 1 saturated heterocycles. The number of phenolic OH excluding ortho intramolecular Hbond substituents is 1. The fourth-order valence-electron chi connectivity index (χ4n) is 3.15. The topological polar surface area (TPSA) is 133 Å². The maximum Gasteiger partial charge on any atom is 0.309 e. The lowest BCUT2D eigenvalue weighted by atomic mass is 10.0. The average molecular weight is 496 g/mol. The molecule has 186 valence electrons. The minimum Gasteiger partial charge on any atom is -0.508 e. The molecule has 2 heterocycles. The van der Waals surface area contributed by atoms with E-state index < -0.39 is 5.97 Å². The number of benzene rings is 1. The van der Waals surface area contributed by atoms with Gasteiger partial charge < -0.3 is 20.9 Å². The molecule has 0 amide bonds. The Morgan fingerprint density at radius 1 is 1.34 bits per heavy atom. The summed E-state index contributed by atoms with van der Waals surface area (Å²) in [5, 5.41) is 36.8. The van der Waals surface area contributed by atoms with E-state index in [0.717, 1.165) is 13.1 Å². The molecule has 8 nitrogen and oxygen atoms in total. The van der Waals surface area contributed by atoms with Crippen LogP contribution in [0.5, 0.6) is 5.75 Å². The van der Waals surface area contributed by atoms with Gasteiger partial charge in [-0.2, -0.15) is 5.26 Å². The van der Waals surface area contributed by atoms with Gasteiger partial charge >= 0.3 is 5.97 Å². The number of carboxylic acid groups (broad SMARTS) is 1. The van der Waals surface area contributed by atoms with Crippen LogP contribution < -0.4 is 5.32 Å². The molecule has 1 aliphatic heterocycles. The van der Waals surface area contributed by atoms with Gasteiger partial charge in [0.1, 0.15) is 17.5 Å². The highest BCUT2D eigenvalue weighted by atomic mass is 32.2. The van der Waals surface area contributed by atoms with Crippen molar-refractivity contribution < 1.29 is 15.0 Å². The first-order valence-corrected chi connectivity index (χ1v) is 12.4. The average Bonchev–Trinajstić information content (AvgIpc) is 3.26. The molecule has 4 rings (SSSR count). The Hall–Kier alpha value is -3.35. The van der Waals surface area contributed by atoms with Crippen molar-refractivity contribution in [3.05, 3.63) is 60.4 Å². The minimum atomic E-state index is -1.07. The number of aromatic hydroxyl groups is 1. The van der Waals surface area contributed by atoms with Gasteiger partial charge in [-0.05, 0) is 54.6 Å². The van der Waals surface area contributed by atoms with Crippen LogP contribution in [-0.2, 0) is 4.79 Å². The molecular weight excluding hydrogens is 462 g/mol. The molecule has 1 aromatic heterocycles. The van der Waals surface area contributed by atoms with E-state index in [2.05, 4.69) is 21.2 Å². The van der Waals surface area contributed by atoms with Crippen molar-refractivity contribution in [1.29, 1.82) is 10.7 Å². The fraction of sp³-hybridized carbons (Fsp3) is 0.385. The molecule has 1 aromatic carbocycles. The molecule has 1 atom stereocenters. The number of hydrogen-bond acceptors (Lipinski definition) is 8. The quantitative estimate of drug-likeness (QED) is 0.231. The van der Waals surface area contributed by atoms with Crippen LogP contribution in [0.25, 0.3) is 0 Å². The Morgan fingerprint density at radius 2 is 2.00 bits per heavy atom. The molecule has 2 fully saturated rings. The summed E-state index contributed by atoms with van der Waals surface area (Å²) < 4.78 is 2.35. The number of nitrogens with zero attached hydrogens (tertiary/aromatic N) is 3. The first-order chi connectivity index (χ1) is 16.9. The molecule has 1 unspecified atom stereocenters. The number of nitrogens with one attached hydrogen (secondary N) is 2. The lowest BCUT2D eigenvalue weighted by Gasteiger charge is -2.13. The highest BCUT2D eigenvalue weighted by molar-refractivity contribution is 7.97. The second-order valence-electron chi connectivity index (χ2n) is 8.20. The Balaban J connectivity index is 0.000000213. The predicted octanol–water partition coefficient (Wildman–Crippen LogP) is 5.31. The van der Waals surface area contributed by atoms with Crippen LogP contribution in [0.4, 0.5) is 5.69 Å². The fourth-order valence-corrected chi connectivity index (χ4v) is 4.16. The number of phenols is 1. The molecule has 1 saturated carbocycles. The zero-order valence-electron chi connectivity index (χ0n) is 20.0. The highest BCUT2D eigenvalue weighted by Gasteiger charge is 2.20. The predicted molar refractivity (Wildman–Crippen MR) is 140 cm³/mol. The Kier molecular flexibility index (Phi) is 11.8. The highest BCUT2D eigenvalue weighted by Crippen LogP contribution is 2.30. The number of rotatable bonds is 7. The summed E-state index contributed by atoms with van der Waals surface area (Å²) >= 11 is 1.75. The number of hydrogen-bond donors (Lipinski definition) is 4. The van der Waals surface area contributed by atoms with Gasteiger partial charge in [0.2, 0.25) is 0 Å². The number of carboxylic acids is 1. The largest absolute Gasteiger partial charge is 0.508 e.